The monoisotopic (exact) mass is 332 g/mol. The van der Waals surface area contributed by atoms with Crippen molar-refractivity contribution in [1.82, 2.24) is 4.72 Å². The third kappa shape index (κ3) is 4.42. The number of nitrogens with one attached hydrogen (secondary N) is 1. The minimum Gasteiger partial charge on any atom is -0.330 e. The molecule has 0 bridgehead atoms. The quantitative estimate of drug-likeness (QED) is 0.870. The summed E-state index contributed by atoms with van der Waals surface area (Å²) >= 11 is 0. The largest absolute Gasteiger partial charge is 0.330 e. The SMILES string of the molecule is CC(C)c1ccc(S(=O)(=O)NC2CCCC2CN)cc1.Cl. The van der Waals surface area contributed by atoms with Crippen LogP contribution in [-0.4, -0.2) is 21.0 Å². The second kappa shape index (κ2) is 7.58. The van der Waals surface area contributed by atoms with Gasteiger partial charge in [0.1, 0.15) is 0 Å². The van der Waals surface area contributed by atoms with E-state index >= 15 is 0 Å². The molecule has 1 aliphatic rings. The topological polar surface area (TPSA) is 72.2 Å². The van der Waals surface area contributed by atoms with Gasteiger partial charge in [-0.3, -0.25) is 0 Å². The number of hydrogen-bond acceptors (Lipinski definition) is 3. The fourth-order valence-electron chi connectivity index (χ4n) is 2.77. The molecule has 1 aromatic carbocycles. The minimum absolute atomic E-state index is 0. The molecule has 21 heavy (non-hydrogen) atoms. The van der Waals surface area contributed by atoms with Crippen molar-refractivity contribution in [2.45, 2.75) is 50.0 Å². The van der Waals surface area contributed by atoms with E-state index in [-0.39, 0.29) is 24.4 Å². The fourth-order valence-corrected chi connectivity index (χ4v) is 4.11. The third-order valence-corrected chi connectivity index (χ3v) is 5.63. The Morgan fingerprint density at radius 1 is 1.24 bits per heavy atom. The van der Waals surface area contributed by atoms with Crippen LogP contribution in [0.4, 0.5) is 0 Å². The molecule has 1 aromatic rings. The van der Waals surface area contributed by atoms with E-state index in [4.69, 9.17) is 5.73 Å². The molecule has 2 atom stereocenters. The first-order chi connectivity index (χ1) is 9.44. The van der Waals surface area contributed by atoms with Gasteiger partial charge in [-0.15, -0.1) is 12.4 Å². The van der Waals surface area contributed by atoms with Crippen molar-refractivity contribution >= 4 is 22.4 Å². The van der Waals surface area contributed by atoms with Crippen molar-refractivity contribution in [1.29, 1.82) is 0 Å². The van der Waals surface area contributed by atoms with E-state index in [1.54, 1.807) is 12.1 Å². The Morgan fingerprint density at radius 2 is 1.86 bits per heavy atom. The zero-order valence-electron chi connectivity index (χ0n) is 12.6. The highest BCUT2D eigenvalue weighted by Crippen LogP contribution is 2.26. The van der Waals surface area contributed by atoms with Crippen molar-refractivity contribution in [3.05, 3.63) is 29.8 Å². The standard InChI is InChI=1S/C15H24N2O2S.ClH/c1-11(2)12-6-8-14(9-7-12)20(18,19)17-15-5-3-4-13(15)10-16;/h6-9,11,13,15,17H,3-5,10,16H2,1-2H3;1H. The first kappa shape index (κ1) is 18.4. The Morgan fingerprint density at radius 3 is 2.38 bits per heavy atom. The molecular weight excluding hydrogens is 308 g/mol. The Kier molecular flexibility index (Phi) is 6.66. The first-order valence-corrected chi connectivity index (χ1v) is 8.74. The van der Waals surface area contributed by atoms with Crippen LogP contribution in [0.2, 0.25) is 0 Å². The van der Waals surface area contributed by atoms with Gasteiger partial charge in [-0.1, -0.05) is 32.4 Å². The summed E-state index contributed by atoms with van der Waals surface area (Å²) in [5.41, 5.74) is 6.84. The van der Waals surface area contributed by atoms with E-state index in [1.165, 1.54) is 0 Å². The summed E-state index contributed by atoms with van der Waals surface area (Å²) in [7, 11) is -3.43. The van der Waals surface area contributed by atoms with Gasteiger partial charge in [-0.05, 0) is 48.9 Å². The molecule has 0 aliphatic heterocycles. The van der Waals surface area contributed by atoms with Gasteiger partial charge in [-0.2, -0.15) is 0 Å². The Balaban J connectivity index is 0.00000220. The maximum atomic E-state index is 12.4. The maximum Gasteiger partial charge on any atom is 0.240 e. The zero-order valence-corrected chi connectivity index (χ0v) is 14.2. The van der Waals surface area contributed by atoms with Crippen LogP contribution in [0.1, 0.15) is 44.6 Å². The average Bonchev–Trinajstić information content (AvgIpc) is 2.85. The van der Waals surface area contributed by atoms with Gasteiger partial charge in [0.25, 0.3) is 0 Å². The predicted octanol–water partition coefficient (Wildman–Crippen LogP) is 2.64. The van der Waals surface area contributed by atoms with E-state index in [9.17, 15) is 8.42 Å². The lowest BCUT2D eigenvalue weighted by Gasteiger charge is -2.19. The highest BCUT2D eigenvalue weighted by molar-refractivity contribution is 7.89. The van der Waals surface area contributed by atoms with Crippen molar-refractivity contribution in [2.75, 3.05) is 6.54 Å². The van der Waals surface area contributed by atoms with Gasteiger partial charge < -0.3 is 5.73 Å². The summed E-state index contributed by atoms with van der Waals surface area (Å²) in [5, 5.41) is 0. The number of sulfonamides is 1. The summed E-state index contributed by atoms with van der Waals surface area (Å²) in [6.45, 7) is 4.72. The van der Waals surface area contributed by atoms with Gasteiger partial charge in [0, 0.05) is 6.04 Å². The lowest BCUT2D eigenvalue weighted by atomic mass is 10.0. The minimum atomic E-state index is -3.43. The summed E-state index contributed by atoms with van der Waals surface area (Å²) in [5.74, 6) is 0.663. The molecule has 0 heterocycles. The number of rotatable bonds is 5. The number of benzene rings is 1. The highest BCUT2D eigenvalue weighted by Gasteiger charge is 2.30. The fraction of sp³-hybridized carbons (Fsp3) is 0.600. The molecule has 2 unspecified atom stereocenters. The van der Waals surface area contributed by atoms with Crippen molar-refractivity contribution in [3.63, 3.8) is 0 Å². The molecule has 0 radical (unpaired) electrons. The molecule has 0 saturated heterocycles. The summed E-state index contributed by atoms with van der Waals surface area (Å²) in [6.07, 6.45) is 2.93. The van der Waals surface area contributed by atoms with Crippen LogP contribution in [-0.2, 0) is 10.0 Å². The van der Waals surface area contributed by atoms with Gasteiger partial charge in [0.2, 0.25) is 10.0 Å². The molecule has 120 valence electrons. The van der Waals surface area contributed by atoms with Crippen LogP contribution < -0.4 is 10.5 Å². The molecule has 0 aromatic heterocycles. The molecule has 3 N–H and O–H groups in total. The molecule has 1 aliphatic carbocycles. The van der Waals surface area contributed by atoms with Gasteiger partial charge in [0.15, 0.2) is 0 Å². The van der Waals surface area contributed by atoms with Gasteiger partial charge in [-0.25, -0.2) is 13.1 Å². The molecule has 1 saturated carbocycles. The Hall–Kier alpha value is -0.620. The summed E-state index contributed by atoms with van der Waals surface area (Å²) in [6, 6.07) is 7.12. The van der Waals surface area contributed by atoms with Crippen LogP contribution in [0, 0.1) is 5.92 Å². The van der Waals surface area contributed by atoms with Crippen LogP contribution in [0.3, 0.4) is 0 Å². The zero-order chi connectivity index (χ0) is 14.8. The molecule has 1 fully saturated rings. The molecule has 0 amide bonds. The van der Waals surface area contributed by atoms with Crippen molar-refractivity contribution < 1.29 is 8.42 Å². The van der Waals surface area contributed by atoms with Crippen molar-refractivity contribution in [2.24, 2.45) is 11.7 Å². The normalized spacial score (nSPS) is 22.3. The molecular formula is C15H25ClN2O2S. The highest BCUT2D eigenvalue weighted by atomic mass is 35.5. The van der Waals surface area contributed by atoms with Crippen LogP contribution >= 0.6 is 12.4 Å². The smallest absolute Gasteiger partial charge is 0.240 e. The van der Waals surface area contributed by atoms with E-state index < -0.39 is 10.0 Å². The van der Waals surface area contributed by atoms with E-state index in [2.05, 4.69) is 18.6 Å². The lowest BCUT2D eigenvalue weighted by molar-refractivity contribution is 0.453. The van der Waals surface area contributed by atoms with E-state index in [1.807, 2.05) is 12.1 Å². The van der Waals surface area contributed by atoms with Crippen LogP contribution in [0.25, 0.3) is 0 Å². The molecule has 2 rings (SSSR count). The second-order valence-electron chi connectivity index (χ2n) is 5.88. The average molecular weight is 333 g/mol. The molecule has 0 spiro atoms. The van der Waals surface area contributed by atoms with Crippen LogP contribution in [0.5, 0.6) is 0 Å². The Labute approximate surface area is 134 Å². The van der Waals surface area contributed by atoms with E-state index in [0.29, 0.717) is 17.4 Å². The van der Waals surface area contributed by atoms with Gasteiger partial charge >= 0.3 is 0 Å². The molecule has 6 heteroatoms. The second-order valence-corrected chi connectivity index (χ2v) is 7.59. The van der Waals surface area contributed by atoms with Gasteiger partial charge in [0.05, 0.1) is 4.90 Å². The lowest BCUT2D eigenvalue weighted by Crippen LogP contribution is -2.39. The summed E-state index contributed by atoms with van der Waals surface area (Å²) in [4.78, 5) is 0.338. The maximum absolute atomic E-state index is 12.4. The predicted molar refractivity (Wildman–Crippen MR) is 88.3 cm³/mol. The van der Waals surface area contributed by atoms with Crippen molar-refractivity contribution in [3.8, 4) is 0 Å². The number of nitrogens with two attached hydrogens (primary N) is 1. The number of halogens is 1. The third-order valence-electron chi connectivity index (χ3n) is 4.13. The Bertz CT molecular complexity index is 543. The van der Waals surface area contributed by atoms with Crippen LogP contribution in [0.15, 0.2) is 29.2 Å². The molecule has 4 nitrogen and oxygen atoms in total. The first-order valence-electron chi connectivity index (χ1n) is 7.26. The summed E-state index contributed by atoms with van der Waals surface area (Å²) < 4.78 is 27.6. The van der Waals surface area contributed by atoms with E-state index in [0.717, 1.165) is 24.8 Å². The number of hydrogen-bond donors (Lipinski definition) is 2.